The molecule has 1 heterocycles. The van der Waals surface area contributed by atoms with Gasteiger partial charge in [-0.1, -0.05) is 86.6 Å². The molecule has 0 aromatic heterocycles. The number of esters is 1. The van der Waals surface area contributed by atoms with Crippen molar-refractivity contribution in [2.24, 2.45) is 16.2 Å². The van der Waals surface area contributed by atoms with Crippen molar-refractivity contribution in [1.29, 1.82) is 0 Å². The molecule has 282 valence electrons. The first-order valence-corrected chi connectivity index (χ1v) is 17.2. The number of nitrogens with zero attached hydrogens (tertiary/aromatic N) is 4. The summed E-state index contributed by atoms with van der Waals surface area (Å²) in [4.78, 5) is 71.4. The van der Waals surface area contributed by atoms with Crippen LogP contribution in [0.15, 0.2) is 24.3 Å². The van der Waals surface area contributed by atoms with Crippen LogP contribution in [0.2, 0.25) is 0 Å². The maximum atomic E-state index is 13.5. The second-order valence-electron chi connectivity index (χ2n) is 16.6. The third-order valence-corrected chi connectivity index (χ3v) is 9.38. The van der Waals surface area contributed by atoms with Gasteiger partial charge < -0.3 is 20.1 Å². The van der Waals surface area contributed by atoms with Crippen LogP contribution in [0.4, 0.5) is 0 Å². The molecule has 1 aromatic rings. The summed E-state index contributed by atoms with van der Waals surface area (Å²) in [7, 11) is 1.29. The Labute approximate surface area is 297 Å². The molecule has 0 aliphatic carbocycles. The Morgan fingerprint density at radius 1 is 0.560 bits per heavy atom. The van der Waals surface area contributed by atoms with Gasteiger partial charge in [0.25, 0.3) is 0 Å². The maximum absolute atomic E-state index is 13.5. The molecule has 50 heavy (non-hydrogen) atoms. The molecular formula is C37H60N4O9. The fourth-order valence-corrected chi connectivity index (χ4v) is 7.24. The van der Waals surface area contributed by atoms with Crippen molar-refractivity contribution in [2.75, 3.05) is 59.5 Å². The van der Waals surface area contributed by atoms with E-state index >= 15 is 0 Å². The van der Waals surface area contributed by atoms with E-state index in [0.29, 0.717) is 11.1 Å². The highest BCUT2D eigenvalue weighted by Crippen LogP contribution is 2.31. The summed E-state index contributed by atoms with van der Waals surface area (Å²) in [6.45, 7) is 19.7. The molecule has 0 radical (unpaired) electrons. The maximum Gasteiger partial charge on any atom is 0.327 e. The van der Waals surface area contributed by atoms with Crippen LogP contribution in [-0.2, 0) is 23.9 Å². The van der Waals surface area contributed by atoms with Gasteiger partial charge in [-0.2, -0.15) is 0 Å². The lowest BCUT2D eigenvalue weighted by Gasteiger charge is -2.45. The molecule has 1 fully saturated rings. The number of carboxylic acids is 3. The molecule has 4 atom stereocenters. The van der Waals surface area contributed by atoms with Crippen LogP contribution in [0.3, 0.4) is 0 Å². The van der Waals surface area contributed by atoms with Gasteiger partial charge in [0.2, 0.25) is 0 Å². The highest BCUT2D eigenvalue weighted by Gasteiger charge is 2.42. The zero-order chi connectivity index (χ0) is 38.4. The average Bonchev–Trinajstić information content (AvgIpc) is 2.95. The largest absolute Gasteiger partial charge is 0.480 e. The SMILES string of the molecule is COC(=O)C(c1ccc(C(C)=O)cc1)N1CCN(C(C(=O)O)C(C)(C)C)CCN(C(C(=O)O)C(C)(C)C)CCN(C(C(=O)O)C(C)(C)C)CC1. The highest BCUT2D eigenvalue weighted by atomic mass is 16.5. The molecule has 2 rings (SSSR count). The standard InChI is InChI=1S/C37H60N4O9/c1-24(42)25-12-14-26(15-13-25)27(34(49)50-11)38-16-18-39(28(31(43)44)35(2,3)4)20-22-41(30(33(47)48)37(8,9)10)23-21-40(19-17-38)29(32(45)46)36(5,6)7/h12-15,27-30H,16-23H2,1-11H3,(H,43,44)(H,45,46)(H,47,48). The smallest absolute Gasteiger partial charge is 0.327 e. The minimum absolute atomic E-state index is 0.127. The molecule has 13 heteroatoms. The lowest BCUT2D eigenvalue weighted by molar-refractivity contribution is -0.153. The quantitative estimate of drug-likeness (QED) is 0.238. The minimum Gasteiger partial charge on any atom is -0.480 e. The van der Waals surface area contributed by atoms with Crippen LogP contribution in [0, 0.1) is 16.2 Å². The van der Waals surface area contributed by atoms with Gasteiger partial charge >= 0.3 is 23.9 Å². The molecule has 4 unspecified atom stereocenters. The lowest BCUT2D eigenvalue weighted by Crippen LogP contribution is -2.59. The summed E-state index contributed by atoms with van der Waals surface area (Å²) >= 11 is 0. The van der Waals surface area contributed by atoms with Gasteiger partial charge in [-0.05, 0) is 28.7 Å². The van der Waals surface area contributed by atoms with Crippen molar-refractivity contribution < 1.29 is 44.0 Å². The molecule has 0 bridgehead atoms. The molecule has 1 saturated heterocycles. The molecule has 13 nitrogen and oxygen atoms in total. The number of hydrogen-bond acceptors (Lipinski definition) is 10. The summed E-state index contributed by atoms with van der Waals surface area (Å²) < 4.78 is 5.27. The van der Waals surface area contributed by atoms with Crippen molar-refractivity contribution in [2.45, 2.75) is 93.4 Å². The highest BCUT2D eigenvalue weighted by molar-refractivity contribution is 5.94. The molecule has 1 aromatic carbocycles. The van der Waals surface area contributed by atoms with Crippen LogP contribution in [-0.4, -0.2) is 142 Å². The average molecular weight is 705 g/mol. The topological polar surface area (TPSA) is 168 Å². The number of methoxy groups -OCH3 is 1. The van der Waals surface area contributed by atoms with E-state index in [1.54, 1.807) is 24.3 Å². The number of carboxylic acid groups (broad SMARTS) is 3. The van der Waals surface area contributed by atoms with Crippen molar-refractivity contribution in [3.05, 3.63) is 35.4 Å². The Morgan fingerprint density at radius 3 is 1.06 bits per heavy atom. The van der Waals surface area contributed by atoms with E-state index in [4.69, 9.17) is 4.74 Å². The van der Waals surface area contributed by atoms with Crippen LogP contribution in [0.25, 0.3) is 0 Å². The first-order chi connectivity index (χ1) is 22.9. The van der Waals surface area contributed by atoms with Gasteiger partial charge in [0, 0.05) is 57.9 Å². The van der Waals surface area contributed by atoms with E-state index in [0.717, 1.165) is 0 Å². The Kier molecular flexibility index (Phi) is 14.7. The summed E-state index contributed by atoms with van der Waals surface area (Å²) in [5.41, 5.74) is -1.03. The summed E-state index contributed by atoms with van der Waals surface area (Å²) in [6, 6.07) is 2.95. The second kappa shape index (κ2) is 17.2. The zero-order valence-electron chi connectivity index (χ0n) is 31.9. The predicted octanol–water partition coefficient (Wildman–Crippen LogP) is 3.82. The van der Waals surface area contributed by atoms with Gasteiger partial charge in [0.05, 0.1) is 7.11 Å². The fourth-order valence-electron chi connectivity index (χ4n) is 7.24. The second-order valence-corrected chi connectivity index (χ2v) is 16.6. The molecule has 0 amide bonds. The van der Waals surface area contributed by atoms with Crippen LogP contribution >= 0.6 is 0 Å². The van der Waals surface area contributed by atoms with Gasteiger partial charge in [0.15, 0.2) is 5.78 Å². The van der Waals surface area contributed by atoms with E-state index in [1.165, 1.54) is 14.0 Å². The number of carbonyl (C=O) groups excluding carboxylic acids is 2. The molecule has 1 aliphatic heterocycles. The molecule has 0 spiro atoms. The Bertz CT molecular complexity index is 1300. The van der Waals surface area contributed by atoms with E-state index in [1.807, 2.05) is 81.9 Å². The molecular weight excluding hydrogens is 644 g/mol. The van der Waals surface area contributed by atoms with Gasteiger partial charge in [-0.3, -0.25) is 38.8 Å². The molecule has 0 saturated carbocycles. The number of hydrogen-bond donors (Lipinski definition) is 3. The summed E-state index contributed by atoms with van der Waals surface area (Å²) in [5.74, 6) is -3.72. The number of rotatable bonds is 10. The molecule has 3 N–H and O–H groups in total. The number of benzene rings is 1. The number of aliphatic carboxylic acids is 3. The number of Topliss-reactive ketones (excluding diaryl/α,β-unsaturated/α-hetero) is 1. The van der Waals surface area contributed by atoms with Gasteiger partial charge in [0.1, 0.15) is 24.2 Å². The first-order valence-electron chi connectivity index (χ1n) is 17.2. The molecule has 1 aliphatic rings. The Hall–Kier alpha value is -3.39. The Morgan fingerprint density at radius 2 is 0.840 bits per heavy atom. The summed E-state index contributed by atoms with van der Waals surface area (Å²) in [6.07, 6.45) is 0. The lowest BCUT2D eigenvalue weighted by atomic mass is 9.84. The van der Waals surface area contributed by atoms with E-state index in [9.17, 15) is 39.3 Å². The van der Waals surface area contributed by atoms with Crippen molar-refractivity contribution in [3.8, 4) is 0 Å². The van der Waals surface area contributed by atoms with Crippen molar-refractivity contribution in [3.63, 3.8) is 0 Å². The third-order valence-electron chi connectivity index (χ3n) is 9.38. The number of carbonyl (C=O) groups is 5. The summed E-state index contributed by atoms with van der Waals surface area (Å²) in [5, 5.41) is 31.4. The van der Waals surface area contributed by atoms with E-state index in [2.05, 4.69) is 0 Å². The predicted molar refractivity (Wildman–Crippen MR) is 190 cm³/mol. The van der Waals surface area contributed by atoms with E-state index in [-0.39, 0.29) is 58.1 Å². The minimum atomic E-state index is -1.02. The normalized spacial score (nSPS) is 19.7. The van der Waals surface area contributed by atoms with Crippen molar-refractivity contribution in [1.82, 2.24) is 19.6 Å². The zero-order valence-corrected chi connectivity index (χ0v) is 31.9. The fraction of sp³-hybridized carbons (Fsp3) is 0.703. The number of ketones is 1. The third kappa shape index (κ3) is 11.3. The van der Waals surface area contributed by atoms with Gasteiger partial charge in [-0.15, -0.1) is 0 Å². The monoisotopic (exact) mass is 704 g/mol. The van der Waals surface area contributed by atoms with Crippen LogP contribution in [0.1, 0.15) is 91.2 Å². The Balaban J connectivity index is 2.79. The van der Waals surface area contributed by atoms with Crippen LogP contribution < -0.4 is 0 Å². The first kappa shape index (κ1) is 42.8. The van der Waals surface area contributed by atoms with Crippen molar-refractivity contribution >= 4 is 29.7 Å². The number of ether oxygens (including phenoxy) is 1. The van der Waals surface area contributed by atoms with Gasteiger partial charge in [-0.25, -0.2) is 4.79 Å². The van der Waals surface area contributed by atoms with Crippen LogP contribution in [0.5, 0.6) is 0 Å². The van der Waals surface area contributed by atoms with E-state index < -0.39 is 64.3 Å².